The lowest BCUT2D eigenvalue weighted by molar-refractivity contribution is -0.169. The van der Waals surface area contributed by atoms with Crippen molar-refractivity contribution in [3.8, 4) is 5.69 Å². The Labute approximate surface area is 282 Å². The van der Waals surface area contributed by atoms with Gasteiger partial charge in [0.25, 0.3) is 0 Å². The maximum absolute atomic E-state index is 14.3. The molecule has 264 valence electrons. The van der Waals surface area contributed by atoms with Crippen molar-refractivity contribution < 1.29 is 41.8 Å². The van der Waals surface area contributed by atoms with Crippen LogP contribution in [0.2, 0.25) is 0 Å². The summed E-state index contributed by atoms with van der Waals surface area (Å²) in [4.78, 5) is 40.6. The molecule has 1 unspecified atom stereocenters. The normalized spacial score (nSPS) is 16.6. The molecule has 1 atom stereocenters. The van der Waals surface area contributed by atoms with Crippen LogP contribution in [0.15, 0.2) is 42.6 Å². The Kier molecular flexibility index (Phi) is 10.9. The van der Waals surface area contributed by atoms with Crippen LogP contribution in [0.5, 0.6) is 0 Å². The van der Waals surface area contributed by atoms with Crippen LogP contribution < -0.4 is 15.5 Å². The molecular weight excluding hydrogens is 645 g/mol. The van der Waals surface area contributed by atoms with Crippen LogP contribution in [0.1, 0.15) is 80.9 Å². The van der Waals surface area contributed by atoms with Gasteiger partial charge in [-0.3, -0.25) is 14.9 Å². The Morgan fingerprint density at radius 3 is 2.47 bits per heavy atom. The van der Waals surface area contributed by atoms with Gasteiger partial charge in [0.05, 0.1) is 53.2 Å². The number of benzene rings is 2. The summed E-state index contributed by atoms with van der Waals surface area (Å²) < 4.78 is 61.3. The first kappa shape index (κ1) is 35.8. The Balaban J connectivity index is 1.34. The molecule has 2 aliphatic rings. The topological polar surface area (TPSA) is 137 Å². The van der Waals surface area contributed by atoms with E-state index < -0.39 is 41.5 Å². The van der Waals surface area contributed by atoms with Gasteiger partial charge < -0.3 is 24.4 Å². The molecule has 5 rings (SSSR count). The van der Waals surface area contributed by atoms with Gasteiger partial charge in [-0.2, -0.15) is 13.2 Å². The number of alkyl halides is 3. The van der Waals surface area contributed by atoms with Crippen LogP contribution in [0, 0.1) is 5.92 Å². The molecule has 49 heavy (non-hydrogen) atoms. The fraction of sp³-hybridized carbons (Fsp3) is 0.500. The van der Waals surface area contributed by atoms with Crippen molar-refractivity contribution in [2.75, 3.05) is 35.7 Å². The van der Waals surface area contributed by atoms with Crippen LogP contribution in [-0.2, 0) is 31.8 Å². The van der Waals surface area contributed by atoms with E-state index in [-0.39, 0.29) is 41.4 Å². The monoisotopic (exact) mass is 686 g/mol. The molecule has 1 aromatic heterocycles. The van der Waals surface area contributed by atoms with Crippen molar-refractivity contribution >= 4 is 34.8 Å². The van der Waals surface area contributed by atoms with Crippen molar-refractivity contribution in [2.24, 2.45) is 5.92 Å². The molecular formula is C34H41F3N6O6. The number of hydrogen-bond acceptors (Lipinski definition) is 9. The fourth-order valence-electron chi connectivity index (χ4n) is 5.38. The van der Waals surface area contributed by atoms with E-state index in [1.807, 2.05) is 0 Å². The molecule has 15 heteroatoms. The summed E-state index contributed by atoms with van der Waals surface area (Å²) in [7, 11) is 1.55. The van der Waals surface area contributed by atoms with Crippen molar-refractivity contribution in [3.63, 3.8) is 0 Å². The van der Waals surface area contributed by atoms with E-state index in [0.29, 0.717) is 24.5 Å². The molecule has 3 aromatic rings. The van der Waals surface area contributed by atoms with Crippen LogP contribution in [0.3, 0.4) is 0 Å². The summed E-state index contributed by atoms with van der Waals surface area (Å²) in [6.45, 7) is 6.12. The third-order valence-corrected chi connectivity index (χ3v) is 7.90. The predicted molar refractivity (Wildman–Crippen MR) is 175 cm³/mol. The summed E-state index contributed by atoms with van der Waals surface area (Å²) in [5, 5.41) is 12.9. The molecule has 0 spiro atoms. The summed E-state index contributed by atoms with van der Waals surface area (Å²) in [5.74, 6) is -1.19. The highest BCUT2D eigenvalue weighted by molar-refractivity contribution is 6.12. The highest BCUT2D eigenvalue weighted by atomic mass is 19.4. The molecule has 2 aromatic carbocycles. The molecule has 1 aliphatic carbocycles. The van der Waals surface area contributed by atoms with Crippen molar-refractivity contribution in [2.45, 2.75) is 84.0 Å². The van der Waals surface area contributed by atoms with E-state index >= 15 is 0 Å². The number of ketones is 1. The number of halogens is 3. The number of carbonyl (C=O) groups is 3. The van der Waals surface area contributed by atoms with Gasteiger partial charge in [-0.25, -0.2) is 9.48 Å². The summed E-state index contributed by atoms with van der Waals surface area (Å²) in [6.07, 6.45) is -0.549. The first-order valence-electron chi connectivity index (χ1n) is 16.2. The van der Waals surface area contributed by atoms with Crippen LogP contribution >= 0.6 is 0 Å². The Morgan fingerprint density at radius 2 is 1.80 bits per heavy atom. The van der Waals surface area contributed by atoms with Gasteiger partial charge in [0, 0.05) is 25.8 Å². The standard InChI is InChI=1S/C34H41F3N6O6/c1-33(2,3)49-32(46)40-27-16-28(42(4)19-21-11-12-21)25(34(35,36)37)15-26(27)39-30(45)17-29(44)22-8-7-9-23(14-22)43-24(18-38-41-43)20-48-31-10-5-6-13-47-31/h7-9,14-16,18,21,31H,5-6,10-13,17,19-20H2,1-4H3,(H,39,45)(H,40,46). The van der Waals surface area contributed by atoms with E-state index in [1.54, 1.807) is 40.0 Å². The first-order valence-corrected chi connectivity index (χ1v) is 16.2. The smallest absolute Gasteiger partial charge is 0.418 e. The largest absolute Gasteiger partial charge is 0.444 e. The average Bonchev–Trinajstić information content (AvgIpc) is 3.72. The van der Waals surface area contributed by atoms with E-state index in [2.05, 4.69) is 20.9 Å². The quantitative estimate of drug-likeness (QED) is 0.157. The third kappa shape index (κ3) is 10.0. The molecule has 0 radical (unpaired) electrons. The number of anilines is 3. The second-order valence-electron chi connectivity index (χ2n) is 13.3. The molecule has 1 saturated carbocycles. The minimum atomic E-state index is -4.78. The SMILES string of the molecule is CN(CC1CC1)c1cc(NC(=O)OC(C)(C)C)c(NC(=O)CC(=O)c2cccc(-n3nncc3COC3CCCCO3)c2)cc1C(F)(F)F. The van der Waals surface area contributed by atoms with Crippen molar-refractivity contribution in [3.05, 3.63) is 59.4 Å². The third-order valence-electron chi connectivity index (χ3n) is 7.90. The van der Waals surface area contributed by atoms with Gasteiger partial charge in [0.2, 0.25) is 5.91 Å². The Bertz CT molecular complexity index is 1660. The van der Waals surface area contributed by atoms with Crippen LogP contribution in [0.25, 0.3) is 5.69 Å². The first-order chi connectivity index (χ1) is 23.2. The number of aromatic nitrogens is 3. The Morgan fingerprint density at radius 1 is 1.04 bits per heavy atom. The van der Waals surface area contributed by atoms with E-state index in [4.69, 9.17) is 14.2 Å². The number of hydrogen-bond donors (Lipinski definition) is 2. The van der Waals surface area contributed by atoms with E-state index in [9.17, 15) is 27.6 Å². The number of nitrogens with one attached hydrogen (secondary N) is 2. The lowest BCUT2D eigenvalue weighted by Crippen LogP contribution is -2.29. The molecule has 2 N–H and O–H groups in total. The maximum Gasteiger partial charge on any atom is 0.418 e. The second-order valence-corrected chi connectivity index (χ2v) is 13.3. The number of amides is 2. The molecule has 2 heterocycles. The summed E-state index contributed by atoms with van der Waals surface area (Å²) in [6, 6.07) is 8.31. The molecule has 1 saturated heterocycles. The number of Topliss-reactive ketones (excluding diaryl/α,β-unsaturated/α-hetero) is 1. The van der Waals surface area contributed by atoms with Crippen LogP contribution in [-0.4, -0.2) is 64.9 Å². The number of carbonyl (C=O) groups excluding carboxylic acids is 3. The lowest BCUT2D eigenvalue weighted by atomic mass is 10.1. The minimum Gasteiger partial charge on any atom is -0.444 e. The van der Waals surface area contributed by atoms with E-state index in [0.717, 1.165) is 44.2 Å². The zero-order chi connectivity index (χ0) is 35.3. The van der Waals surface area contributed by atoms with Crippen LogP contribution in [0.4, 0.5) is 35.0 Å². The Hall–Kier alpha value is -4.50. The zero-order valence-electron chi connectivity index (χ0n) is 27.9. The minimum absolute atomic E-state index is 0.109. The van der Waals surface area contributed by atoms with Gasteiger partial charge in [-0.1, -0.05) is 17.3 Å². The van der Waals surface area contributed by atoms with Gasteiger partial charge in [0.1, 0.15) is 5.60 Å². The maximum atomic E-state index is 14.3. The molecule has 2 fully saturated rings. The number of nitrogens with zero attached hydrogens (tertiary/aromatic N) is 4. The van der Waals surface area contributed by atoms with Gasteiger partial charge in [0.15, 0.2) is 12.1 Å². The van der Waals surface area contributed by atoms with Gasteiger partial charge in [-0.15, -0.1) is 5.10 Å². The summed E-state index contributed by atoms with van der Waals surface area (Å²) >= 11 is 0. The molecule has 2 amide bonds. The number of ether oxygens (including phenoxy) is 3. The highest BCUT2D eigenvalue weighted by Crippen LogP contribution is 2.43. The highest BCUT2D eigenvalue weighted by Gasteiger charge is 2.37. The van der Waals surface area contributed by atoms with Crippen molar-refractivity contribution in [1.29, 1.82) is 0 Å². The predicted octanol–water partition coefficient (Wildman–Crippen LogP) is 6.73. The average molecular weight is 687 g/mol. The number of rotatable bonds is 12. The van der Waals surface area contributed by atoms with Gasteiger partial charge in [-0.05, 0) is 83.1 Å². The van der Waals surface area contributed by atoms with Crippen molar-refractivity contribution in [1.82, 2.24) is 15.0 Å². The fourth-order valence-corrected chi connectivity index (χ4v) is 5.38. The lowest BCUT2D eigenvalue weighted by Gasteiger charge is -2.26. The molecule has 1 aliphatic heterocycles. The van der Waals surface area contributed by atoms with E-state index in [1.165, 1.54) is 27.9 Å². The summed E-state index contributed by atoms with van der Waals surface area (Å²) in [5.41, 5.74) is -1.21. The van der Waals surface area contributed by atoms with Gasteiger partial charge >= 0.3 is 12.3 Å². The zero-order valence-corrected chi connectivity index (χ0v) is 27.9. The molecule has 0 bridgehead atoms. The second kappa shape index (κ2) is 14.9. The molecule has 12 nitrogen and oxygen atoms in total.